The van der Waals surface area contributed by atoms with Gasteiger partial charge in [-0.1, -0.05) is 0 Å². The molecule has 0 amide bonds. The lowest BCUT2D eigenvalue weighted by atomic mass is 10.0. The Morgan fingerprint density at radius 3 is 2.62 bits per heavy atom. The minimum Gasteiger partial charge on any atom is -0.318 e. The Hall–Kier alpha value is -0.380. The molecule has 0 bridgehead atoms. The summed E-state index contributed by atoms with van der Waals surface area (Å²) >= 11 is 1.87. The van der Waals surface area contributed by atoms with E-state index in [1.807, 2.05) is 18.4 Å². The van der Waals surface area contributed by atoms with Gasteiger partial charge >= 0.3 is 0 Å². The second kappa shape index (κ2) is 5.80. The van der Waals surface area contributed by atoms with Crippen molar-refractivity contribution in [1.29, 1.82) is 0 Å². The number of nitrogens with one attached hydrogen (secondary N) is 1. The van der Waals surface area contributed by atoms with Crippen LogP contribution in [0.25, 0.3) is 0 Å². The Morgan fingerprint density at radius 2 is 2.12 bits per heavy atom. The summed E-state index contributed by atoms with van der Waals surface area (Å²) in [7, 11) is 4.22. The Kier molecular flexibility index (Phi) is 4.96. The molecule has 0 fully saturated rings. The molecular weight excluding hydrogens is 216 g/mol. The number of hydrogen-bond donors (Lipinski definition) is 1. The third kappa shape index (κ3) is 3.58. The summed E-state index contributed by atoms with van der Waals surface area (Å²) < 4.78 is 0. The lowest BCUT2D eigenvalue weighted by Gasteiger charge is -2.35. The van der Waals surface area contributed by atoms with Gasteiger partial charge in [0.15, 0.2) is 0 Å². The molecule has 0 atom stereocenters. The molecule has 0 aliphatic rings. The minimum atomic E-state index is 0.222. The summed E-state index contributed by atoms with van der Waals surface area (Å²) in [6, 6.07) is 2.21. The van der Waals surface area contributed by atoms with Crippen molar-refractivity contribution in [3.05, 3.63) is 21.9 Å². The smallest absolute Gasteiger partial charge is 0.0274 e. The third-order valence-corrected chi connectivity index (χ3v) is 4.37. The van der Waals surface area contributed by atoms with Crippen molar-refractivity contribution < 1.29 is 0 Å². The van der Waals surface area contributed by atoms with E-state index in [1.54, 1.807) is 0 Å². The van der Waals surface area contributed by atoms with Gasteiger partial charge in [-0.15, -0.1) is 11.3 Å². The molecule has 1 aromatic heterocycles. The Morgan fingerprint density at radius 1 is 1.44 bits per heavy atom. The summed E-state index contributed by atoms with van der Waals surface area (Å²) in [5.74, 6) is 0. The molecule has 92 valence electrons. The monoisotopic (exact) mass is 240 g/mol. The first-order chi connectivity index (χ1) is 7.47. The molecule has 2 nitrogen and oxygen atoms in total. The van der Waals surface area contributed by atoms with E-state index in [0.29, 0.717) is 0 Å². The van der Waals surface area contributed by atoms with Crippen molar-refractivity contribution >= 4 is 11.3 Å². The van der Waals surface area contributed by atoms with Crippen molar-refractivity contribution in [3.8, 4) is 0 Å². The third-order valence-electron chi connectivity index (χ3n) is 3.29. The van der Waals surface area contributed by atoms with Crippen LogP contribution in [-0.4, -0.2) is 37.6 Å². The highest BCUT2D eigenvalue weighted by Gasteiger charge is 2.22. The van der Waals surface area contributed by atoms with Crippen molar-refractivity contribution in [2.24, 2.45) is 0 Å². The number of likely N-dealkylation sites (N-methyl/N-ethyl adjacent to an activating group) is 2. The Balaban J connectivity index is 2.46. The molecule has 0 saturated heterocycles. The van der Waals surface area contributed by atoms with Crippen molar-refractivity contribution in [2.45, 2.75) is 32.7 Å². The molecule has 1 heterocycles. The van der Waals surface area contributed by atoms with E-state index >= 15 is 0 Å². The molecule has 0 radical (unpaired) electrons. The molecule has 0 spiro atoms. The van der Waals surface area contributed by atoms with Gasteiger partial charge < -0.3 is 5.32 Å². The summed E-state index contributed by atoms with van der Waals surface area (Å²) in [4.78, 5) is 3.95. The number of aryl methyl sites for hydroxylation is 1. The molecule has 3 heteroatoms. The summed E-state index contributed by atoms with van der Waals surface area (Å²) in [5.41, 5.74) is 1.66. The molecule has 1 N–H and O–H groups in total. The van der Waals surface area contributed by atoms with E-state index in [0.717, 1.165) is 19.5 Å². The second-order valence-electron chi connectivity index (χ2n) is 5.04. The number of thiophene rings is 1. The van der Waals surface area contributed by atoms with Gasteiger partial charge in [-0.2, -0.15) is 0 Å². The maximum Gasteiger partial charge on any atom is 0.0274 e. The van der Waals surface area contributed by atoms with Gasteiger partial charge in [0, 0.05) is 23.5 Å². The largest absolute Gasteiger partial charge is 0.318 e. The fourth-order valence-corrected chi connectivity index (χ4v) is 2.70. The second-order valence-corrected chi connectivity index (χ2v) is 6.04. The summed E-state index contributed by atoms with van der Waals surface area (Å²) in [5, 5.41) is 5.44. The minimum absolute atomic E-state index is 0.222. The fraction of sp³-hybridized carbons (Fsp3) is 0.692. The molecule has 0 aromatic carbocycles. The zero-order valence-corrected chi connectivity index (χ0v) is 11.9. The zero-order chi connectivity index (χ0) is 12.2. The lowest BCUT2D eigenvalue weighted by Crippen LogP contribution is -2.48. The van der Waals surface area contributed by atoms with Crippen LogP contribution in [0.5, 0.6) is 0 Å². The molecule has 0 aliphatic heterocycles. The first-order valence-electron chi connectivity index (χ1n) is 5.86. The highest BCUT2D eigenvalue weighted by atomic mass is 32.1. The Labute approximate surface area is 104 Å². The van der Waals surface area contributed by atoms with Crippen LogP contribution in [-0.2, 0) is 6.42 Å². The van der Waals surface area contributed by atoms with E-state index in [-0.39, 0.29) is 5.54 Å². The van der Waals surface area contributed by atoms with E-state index in [4.69, 9.17) is 0 Å². The summed E-state index contributed by atoms with van der Waals surface area (Å²) in [6.07, 6.45) is 1.16. The van der Waals surface area contributed by atoms with Crippen LogP contribution in [0.4, 0.5) is 0 Å². The predicted octanol–water partition coefficient (Wildman–Crippen LogP) is 2.53. The maximum atomic E-state index is 3.25. The van der Waals surface area contributed by atoms with Crippen LogP contribution in [0, 0.1) is 6.92 Å². The van der Waals surface area contributed by atoms with E-state index in [2.05, 4.69) is 49.5 Å². The topological polar surface area (TPSA) is 15.3 Å². The van der Waals surface area contributed by atoms with Crippen LogP contribution >= 0.6 is 11.3 Å². The van der Waals surface area contributed by atoms with Crippen molar-refractivity contribution in [1.82, 2.24) is 10.2 Å². The van der Waals surface area contributed by atoms with Gasteiger partial charge in [0.1, 0.15) is 0 Å². The molecule has 0 aliphatic carbocycles. The number of hydrogen-bond acceptors (Lipinski definition) is 3. The Bertz CT molecular complexity index is 317. The zero-order valence-electron chi connectivity index (χ0n) is 11.1. The lowest BCUT2D eigenvalue weighted by molar-refractivity contribution is 0.158. The fourth-order valence-electron chi connectivity index (χ4n) is 1.80. The van der Waals surface area contributed by atoms with Gasteiger partial charge in [0.05, 0.1) is 0 Å². The molecule has 1 rings (SSSR count). The number of nitrogens with zero attached hydrogens (tertiary/aromatic N) is 1. The van der Waals surface area contributed by atoms with E-state index < -0.39 is 0 Å². The first kappa shape index (κ1) is 13.7. The molecule has 0 saturated carbocycles. The SMILES string of the molecule is CNCC(C)(C)N(C)CCc1sccc1C. The normalized spacial score (nSPS) is 12.4. The number of rotatable bonds is 6. The van der Waals surface area contributed by atoms with Crippen molar-refractivity contribution in [3.63, 3.8) is 0 Å². The van der Waals surface area contributed by atoms with Gasteiger partial charge in [0.2, 0.25) is 0 Å². The van der Waals surface area contributed by atoms with Crippen molar-refractivity contribution in [2.75, 3.05) is 27.2 Å². The van der Waals surface area contributed by atoms with Gasteiger partial charge in [-0.25, -0.2) is 0 Å². The quantitative estimate of drug-likeness (QED) is 0.822. The molecular formula is C13H24N2S. The first-order valence-corrected chi connectivity index (χ1v) is 6.74. The summed E-state index contributed by atoms with van der Waals surface area (Å²) in [6.45, 7) is 8.91. The van der Waals surface area contributed by atoms with Crippen LogP contribution in [0.15, 0.2) is 11.4 Å². The molecule has 1 aromatic rings. The van der Waals surface area contributed by atoms with Gasteiger partial charge in [-0.05, 0) is 58.3 Å². The maximum absolute atomic E-state index is 3.25. The average Bonchev–Trinajstić information content (AvgIpc) is 2.60. The highest BCUT2D eigenvalue weighted by molar-refractivity contribution is 7.10. The highest BCUT2D eigenvalue weighted by Crippen LogP contribution is 2.18. The van der Waals surface area contributed by atoms with Crippen LogP contribution < -0.4 is 5.32 Å². The molecule has 16 heavy (non-hydrogen) atoms. The van der Waals surface area contributed by atoms with E-state index in [9.17, 15) is 0 Å². The average molecular weight is 240 g/mol. The van der Waals surface area contributed by atoms with Gasteiger partial charge in [-0.3, -0.25) is 4.90 Å². The predicted molar refractivity (Wildman–Crippen MR) is 73.4 cm³/mol. The van der Waals surface area contributed by atoms with Crippen LogP contribution in [0.2, 0.25) is 0 Å². The van der Waals surface area contributed by atoms with E-state index in [1.165, 1.54) is 10.4 Å². The van der Waals surface area contributed by atoms with Crippen LogP contribution in [0.1, 0.15) is 24.3 Å². The van der Waals surface area contributed by atoms with Gasteiger partial charge in [0.25, 0.3) is 0 Å². The van der Waals surface area contributed by atoms with Crippen LogP contribution in [0.3, 0.4) is 0 Å². The standard InChI is InChI=1S/C13H24N2S/c1-11-7-9-16-12(11)6-8-15(5)13(2,3)10-14-4/h7,9,14H,6,8,10H2,1-5H3. The molecule has 0 unspecified atom stereocenters.